The number of aliphatic imine (C=N–C) groups is 1. The molecule has 2 aliphatic carbocycles. The Morgan fingerprint density at radius 3 is 2.30 bits per heavy atom. The molecule has 37 heavy (non-hydrogen) atoms. The molecule has 1 heterocycles. The summed E-state index contributed by atoms with van der Waals surface area (Å²) in [5.74, 6) is -1.15. The first kappa shape index (κ1) is 30.3. The van der Waals surface area contributed by atoms with E-state index in [2.05, 4.69) is 18.0 Å². The molecule has 0 saturated heterocycles. The highest BCUT2D eigenvalue weighted by molar-refractivity contribution is 5.80. The minimum Gasteiger partial charge on any atom is -0.481 e. The van der Waals surface area contributed by atoms with E-state index in [1.807, 2.05) is 6.21 Å². The third-order valence-corrected chi connectivity index (χ3v) is 9.54. The zero-order valence-corrected chi connectivity index (χ0v) is 23.2. The Balaban J connectivity index is 1.35. The van der Waals surface area contributed by atoms with Crippen molar-refractivity contribution in [3.63, 3.8) is 0 Å². The van der Waals surface area contributed by atoms with E-state index in [0.29, 0.717) is 18.8 Å². The molecule has 0 amide bonds. The normalized spacial score (nSPS) is 29.6. The van der Waals surface area contributed by atoms with E-state index in [-0.39, 0.29) is 17.9 Å². The SMILES string of the molecule is CCCCCCC[C@H](O)CCCCCC[C@H](C(=O)O)[C@H](O)[C@H]1CC[C@H]2[C@H](CC3=CCN=C3)CC[C@@]2(O)C1. The van der Waals surface area contributed by atoms with E-state index < -0.39 is 23.6 Å². The fourth-order valence-corrected chi connectivity index (χ4v) is 7.33. The molecule has 6 nitrogen and oxygen atoms in total. The molecule has 0 spiro atoms. The topological polar surface area (TPSA) is 110 Å². The Bertz CT molecular complexity index is 752. The van der Waals surface area contributed by atoms with Crippen LogP contribution in [0.1, 0.15) is 122 Å². The van der Waals surface area contributed by atoms with Crippen LogP contribution in [-0.4, -0.2) is 57.0 Å². The molecule has 1 aliphatic heterocycles. The molecule has 2 fully saturated rings. The van der Waals surface area contributed by atoms with Gasteiger partial charge in [0.15, 0.2) is 0 Å². The van der Waals surface area contributed by atoms with Crippen molar-refractivity contribution in [3.8, 4) is 0 Å². The van der Waals surface area contributed by atoms with Crippen LogP contribution in [0.5, 0.6) is 0 Å². The summed E-state index contributed by atoms with van der Waals surface area (Å²) in [7, 11) is 0. The maximum absolute atomic E-state index is 12.0. The number of carbonyl (C=O) groups is 1. The first-order valence-corrected chi connectivity index (χ1v) is 15.3. The molecule has 0 aromatic heterocycles. The van der Waals surface area contributed by atoms with Crippen molar-refractivity contribution in [3.05, 3.63) is 11.6 Å². The second-order valence-electron chi connectivity index (χ2n) is 12.3. The molecular weight excluding hydrogens is 466 g/mol. The van der Waals surface area contributed by atoms with Crippen LogP contribution in [0, 0.1) is 23.7 Å². The minimum absolute atomic E-state index is 0.152. The molecular formula is C31H53NO5. The summed E-state index contributed by atoms with van der Waals surface area (Å²) >= 11 is 0. The van der Waals surface area contributed by atoms with Crippen LogP contribution in [0.2, 0.25) is 0 Å². The lowest BCUT2D eigenvalue weighted by Gasteiger charge is -2.43. The van der Waals surface area contributed by atoms with Crippen molar-refractivity contribution in [2.24, 2.45) is 28.7 Å². The zero-order valence-electron chi connectivity index (χ0n) is 23.2. The number of aliphatic carboxylic acids is 1. The molecule has 0 unspecified atom stereocenters. The Morgan fingerprint density at radius 1 is 1.00 bits per heavy atom. The van der Waals surface area contributed by atoms with Crippen LogP contribution in [0.4, 0.5) is 0 Å². The Kier molecular flexibility index (Phi) is 12.6. The number of hydrogen-bond acceptors (Lipinski definition) is 5. The molecule has 3 aliphatic rings. The molecule has 0 aromatic carbocycles. The highest BCUT2D eigenvalue weighted by atomic mass is 16.4. The largest absolute Gasteiger partial charge is 0.481 e. The van der Waals surface area contributed by atoms with Gasteiger partial charge >= 0.3 is 5.97 Å². The number of rotatable bonds is 18. The van der Waals surface area contributed by atoms with E-state index in [4.69, 9.17) is 0 Å². The summed E-state index contributed by atoms with van der Waals surface area (Å²) in [6, 6.07) is 0. The first-order valence-electron chi connectivity index (χ1n) is 15.3. The Labute approximate surface area is 224 Å². The number of nitrogens with zero attached hydrogens (tertiary/aromatic N) is 1. The molecule has 7 atom stereocenters. The second-order valence-corrected chi connectivity index (χ2v) is 12.3. The fraction of sp³-hybridized carbons (Fsp3) is 0.871. The van der Waals surface area contributed by atoms with Gasteiger partial charge in [-0.2, -0.15) is 0 Å². The highest BCUT2D eigenvalue weighted by Crippen LogP contribution is 2.53. The summed E-state index contributed by atoms with van der Waals surface area (Å²) in [5.41, 5.74) is 0.504. The average Bonchev–Trinajstić information content (AvgIpc) is 3.50. The maximum Gasteiger partial charge on any atom is 0.309 e. The Hall–Kier alpha value is -1.24. The van der Waals surface area contributed by atoms with Crippen LogP contribution in [0.3, 0.4) is 0 Å². The number of allylic oxidation sites excluding steroid dienone is 1. The molecule has 0 aromatic rings. The van der Waals surface area contributed by atoms with Gasteiger partial charge in [-0.05, 0) is 81.1 Å². The van der Waals surface area contributed by atoms with E-state index in [9.17, 15) is 25.2 Å². The van der Waals surface area contributed by atoms with Crippen LogP contribution in [0.15, 0.2) is 16.6 Å². The van der Waals surface area contributed by atoms with Gasteiger partial charge in [0.05, 0.1) is 30.3 Å². The zero-order chi connectivity index (χ0) is 26.7. The van der Waals surface area contributed by atoms with Crippen LogP contribution >= 0.6 is 0 Å². The van der Waals surface area contributed by atoms with Crippen LogP contribution < -0.4 is 0 Å². The van der Waals surface area contributed by atoms with Gasteiger partial charge < -0.3 is 20.4 Å². The number of aliphatic hydroxyl groups is 3. The van der Waals surface area contributed by atoms with E-state index in [1.165, 1.54) is 31.3 Å². The van der Waals surface area contributed by atoms with Crippen molar-refractivity contribution < 1.29 is 25.2 Å². The maximum atomic E-state index is 12.0. The third-order valence-electron chi connectivity index (χ3n) is 9.54. The first-order chi connectivity index (χ1) is 17.8. The number of aliphatic hydroxyl groups excluding tert-OH is 2. The van der Waals surface area contributed by atoms with Gasteiger partial charge in [-0.15, -0.1) is 0 Å². The highest BCUT2D eigenvalue weighted by Gasteiger charge is 2.52. The van der Waals surface area contributed by atoms with Crippen molar-refractivity contribution >= 4 is 12.2 Å². The molecule has 0 radical (unpaired) electrons. The van der Waals surface area contributed by atoms with Crippen LogP contribution in [-0.2, 0) is 4.79 Å². The summed E-state index contributed by atoms with van der Waals surface area (Å²) in [4.78, 5) is 16.3. The monoisotopic (exact) mass is 519 g/mol. The lowest BCUT2D eigenvalue weighted by Crippen LogP contribution is -2.46. The number of unbranched alkanes of at least 4 members (excludes halogenated alkanes) is 7. The fourth-order valence-electron chi connectivity index (χ4n) is 7.33. The molecule has 2 saturated carbocycles. The molecule has 212 valence electrons. The van der Waals surface area contributed by atoms with E-state index in [0.717, 1.165) is 83.6 Å². The van der Waals surface area contributed by atoms with Gasteiger partial charge in [-0.25, -0.2) is 0 Å². The molecule has 3 rings (SSSR count). The van der Waals surface area contributed by atoms with Crippen molar-refractivity contribution in [1.82, 2.24) is 0 Å². The molecule has 0 bridgehead atoms. The van der Waals surface area contributed by atoms with Crippen molar-refractivity contribution in [2.75, 3.05) is 6.54 Å². The van der Waals surface area contributed by atoms with Crippen LogP contribution in [0.25, 0.3) is 0 Å². The summed E-state index contributed by atoms with van der Waals surface area (Å²) in [6.45, 7) is 2.98. The lowest BCUT2D eigenvalue weighted by molar-refractivity contribution is -0.151. The molecule has 6 heteroatoms. The Morgan fingerprint density at radius 2 is 1.68 bits per heavy atom. The van der Waals surface area contributed by atoms with Gasteiger partial charge in [-0.1, -0.05) is 70.8 Å². The smallest absolute Gasteiger partial charge is 0.309 e. The predicted molar refractivity (Wildman–Crippen MR) is 149 cm³/mol. The minimum atomic E-state index is -0.920. The summed E-state index contributed by atoms with van der Waals surface area (Å²) < 4.78 is 0. The third kappa shape index (κ3) is 9.18. The predicted octanol–water partition coefficient (Wildman–Crippen LogP) is 6.07. The van der Waals surface area contributed by atoms with Gasteiger partial charge in [0.2, 0.25) is 0 Å². The van der Waals surface area contributed by atoms with Crippen molar-refractivity contribution in [1.29, 1.82) is 0 Å². The average molecular weight is 520 g/mol. The number of fused-ring (bicyclic) bond motifs is 1. The van der Waals surface area contributed by atoms with Gasteiger partial charge in [0.25, 0.3) is 0 Å². The number of carboxylic acid groups (broad SMARTS) is 1. The number of hydrogen-bond donors (Lipinski definition) is 4. The number of carboxylic acids is 1. The molecule has 4 N–H and O–H groups in total. The summed E-state index contributed by atoms with van der Waals surface area (Å²) in [5, 5.41) is 42.6. The standard InChI is InChI=1S/C31H53NO5/c1-2-3-4-5-8-11-26(33)12-9-6-7-10-13-27(30(35)36)29(34)25-14-15-28-24(16-18-31(28,37)21-25)20-23-17-19-32-22-23/h17,22,24-29,33-34,37H,2-16,18-21H2,1H3,(H,35,36)/t24-,25-,26-,27-,28-,29+,31+/m0/s1. The summed E-state index contributed by atoms with van der Waals surface area (Å²) in [6.07, 6.45) is 19.8. The quantitative estimate of drug-likeness (QED) is 0.164. The second kappa shape index (κ2) is 15.4. The van der Waals surface area contributed by atoms with Crippen molar-refractivity contribution in [2.45, 2.75) is 140 Å². The van der Waals surface area contributed by atoms with Gasteiger partial charge in [0, 0.05) is 6.21 Å². The van der Waals surface area contributed by atoms with Gasteiger partial charge in [0.1, 0.15) is 0 Å². The van der Waals surface area contributed by atoms with E-state index in [1.54, 1.807) is 0 Å². The lowest BCUT2D eigenvalue weighted by atomic mass is 9.66. The van der Waals surface area contributed by atoms with E-state index >= 15 is 0 Å². The van der Waals surface area contributed by atoms with Gasteiger partial charge in [-0.3, -0.25) is 9.79 Å².